The van der Waals surface area contributed by atoms with Gasteiger partial charge in [-0.05, 0) is 62.4 Å². The summed E-state index contributed by atoms with van der Waals surface area (Å²) in [6, 6.07) is 9.34. The number of hydrazone groups is 1. The number of carbonyl (C=O) groups excluding carboxylic acids is 1. The van der Waals surface area contributed by atoms with E-state index in [1.807, 2.05) is 0 Å². The summed E-state index contributed by atoms with van der Waals surface area (Å²) in [5.41, 5.74) is 2.14. The number of amides is 1. The number of hydrogen-bond acceptors (Lipinski definition) is 3. The topological polar surface area (TPSA) is 83.7 Å². The van der Waals surface area contributed by atoms with Crippen LogP contribution < -0.4 is 5.43 Å². The molecule has 1 heterocycles. The van der Waals surface area contributed by atoms with Crippen LogP contribution in [0.1, 0.15) is 43.2 Å². The lowest BCUT2D eigenvalue weighted by Gasteiger charge is -2.14. The van der Waals surface area contributed by atoms with Crippen molar-refractivity contribution in [1.82, 2.24) is 9.99 Å². The average Bonchev–Trinajstić information content (AvgIpc) is 3.04. The highest BCUT2D eigenvalue weighted by Crippen LogP contribution is 2.31. The van der Waals surface area contributed by atoms with Crippen LogP contribution in [0.25, 0.3) is 5.69 Å². The standard InChI is InChI=1S/C22H17F4N3O3/c1-12-3-4-13(2)29(12)19-10-14(5-7-17(19)21(31)32)20(30)28-27-11-15-9-16(23)6-8-18(15)22(24,25)26/h3-11H,1-2H3,(H,28,30)(H,31,32)/b27-11+. The Kier molecular flexibility index (Phi) is 6.15. The molecule has 0 aliphatic carbocycles. The van der Waals surface area contributed by atoms with Crippen LogP contribution in [0, 0.1) is 19.7 Å². The van der Waals surface area contributed by atoms with Gasteiger partial charge in [0.15, 0.2) is 0 Å². The Labute approximate surface area is 179 Å². The number of hydrogen-bond donors (Lipinski definition) is 2. The second-order valence-corrected chi connectivity index (χ2v) is 6.92. The van der Waals surface area contributed by atoms with E-state index >= 15 is 0 Å². The Hall–Kier alpha value is -3.95. The van der Waals surface area contributed by atoms with Crippen molar-refractivity contribution in [1.29, 1.82) is 0 Å². The smallest absolute Gasteiger partial charge is 0.417 e. The lowest BCUT2D eigenvalue weighted by atomic mass is 10.1. The van der Waals surface area contributed by atoms with Gasteiger partial charge in [0.05, 0.1) is 23.0 Å². The highest BCUT2D eigenvalue weighted by Gasteiger charge is 2.33. The van der Waals surface area contributed by atoms with Crippen LogP contribution in [0.5, 0.6) is 0 Å². The Morgan fingerprint density at radius 3 is 2.28 bits per heavy atom. The molecule has 0 unspecified atom stereocenters. The molecule has 0 saturated heterocycles. The van der Waals surface area contributed by atoms with Gasteiger partial charge in [0.25, 0.3) is 5.91 Å². The third kappa shape index (κ3) is 4.69. The molecule has 3 aromatic rings. The number of halogens is 4. The van der Waals surface area contributed by atoms with Gasteiger partial charge in [0.1, 0.15) is 5.82 Å². The molecule has 10 heteroatoms. The molecule has 2 N–H and O–H groups in total. The number of carboxylic acids is 1. The SMILES string of the molecule is Cc1ccc(C)n1-c1cc(C(=O)N/N=C/c2cc(F)ccc2C(F)(F)F)ccc1C(=O)O. The second-order valence-electron chi connectivity index (χ2n) is 6.92. The van der Waals surface area contributed by atoms with Crippen LogP contribution in [0.2, 0.25) is 0 Å². The molecule has 0 bridgehead atoms. The van der Waals surface area contributed by atoms with Gasteiger partial charge in [-0.2, -0.15) is 18.3 Å². The van der Waals surface area contributed by atoms with Gasteiger partial charge in [-0.3, -0.25) is 4.79 Å². The maximum atomic E-state index is 13.4. The van der Waals surface area contributed by atoms with E-state index in [0.717, 1.165) is 11.4 Å². The van der Waals surface area contributed by atoms with E-state index in [1.165, 1.54) is 18.2 Å². The molecule has 1 aromatic heterocycles. The zero-order valence-electron chi connectivity index (χ0n) is 16.9. The molecule has 2 aromatic carbocycles. The Morgan fingerprint density at radius 1 is 1.03 bits per heavy atom. The summed E-state index contributed by atoms with van der Waals surface area (Å²) in [6.45, 7) is 3.54. The zero-order valence-corrected chi connectivity index (χ0v) is 16.9. The number of aromatic nitrogens is 1. The van der Waals surface area contributed by atoms with Gasteiger partial charge in [-0.1, -0.05) is 0 Å². The third-order valence-electron chi connectivity index (χ3n) is 4.69. The van der Waals surface area contributed by atoms with E-state index in [0.29, 0.717) is 24.4 Å². The molecule has 0 aliphatic rings. The highest BCUT2D eigenvalue weighted by atomic mass is 19.4. The van der Waals surface area contributed by atoms with Crippen molar-refractivity contribution < 1.29 is 32.3 Å². The first kappa shape index (κ1) is 22.7. The quantitative estimate of drug-likeness (QED) is 0.338. The number of alkyl halides is 3. The summed E-state index contributed by atoms with van der Waals surface area (Å²) in [4.78, 5) is 24.1. The summed E-state index contributed by atoms with van der Waals surface area (Å²) < 4.78 is 54.2. The van der Waals surface area contributed by atoms with Gasteiger partial charge in [0.2, 0.25) is 0 Å². The number of carboxylic acid groups (broad SMARTS) is 1. The van der Waals surface area contributed by atoms with Crippen molar-refractivity contribution in [3.8, 4) is 5.69 Å². The molecule has 0 spiro atoms. The van der Waals surface area contributed by atoms with E-state index in [-0.39, 0.29) is 16.8 Å². The predicted octanol–water partition coefficient (Wildman–Crippen LogP) is 4.71. The van der Waals surface area contributed by atoms with Crippen LogP contribution in [0.15, 0.2) is 53.6 Å². The molecule has 0 atom stereocenters. The second kappa shape index (κ2) is 8.66. The molecule has 166 valence electrons. The lowest BCUT2D eigenvalue weighted by Crippen LogP contribution is -2.19. The lowest BCUT2D eigenvalue weighted by molar-refractivity contribution is -0.137. The molecule has 32 heavy (non-hydrogen) atoms. The van der Waals surface area contributed by atoms with E-state index in [1.54, 1.807) is 30.5 Å². The van der Waals surface area contributed by atoms with Crippen LogP contribution in [-0.2, 0) is 6.18 Å². The van der Waals surface area contributed by atoms with Gasteiger partial charge >= 0.3 is 12.1 Å². The minimum atomic E-state index is -4.73. The summed E-state index contributed by atoms with van der Waals surface area (Å²) in [7, 11) is 0. The largest absolute Gasteiger partial charge is 0.478 e. The number of nitrogens with zero attached hydrogens (tertiary/aromatic N) is 2. The molecule has 0 aliphatic heterocycles. The zero-order chi connectivity index (χ0) is 23.6. The molecule has 3 rings (SSSR count). The van der Waals surface area contributed by atoms with Crippen molar-refractivity contribution in [2.75, 3.05) is 0 Å². The summed E-state index contributed by atoms with van der Waals surface area (Å²) in [5.74, 6) is -2.87. The van der Waals surface area contributed by atoms with E-state index in [9.17, 15) is 32.3 Å². The first-order chi connectivity index (χ1) is 15.0. The molecular formula is C22H17F4N3O3. The van der Waals surface area contributed by atoms with Crippen molar-refractivity contribution >= 4 is 18.1 Å². The molecule has 0 fully saturated rings. The summed E-state index contributed by atoms with van der Waals surface area (Å²) in [5, 5.41) is 13.0. The molecular weight excluding hydrogens is 430 g/mol. The van der Waals surface area contributed by atoms with Crippen LogP contribution in [0.3, 0.4) is 0 Å². The predicted molar refractivity (Wildman–Crippen MR) is 109 cm³/mol. The average molecular weight is 447 g/mol. The van der Waals surface area contributed by atoms with Crippen LogP contribution >= 0.6 is 0 Å². The maximum Gasteiger partial charge on any atom is 0.417 e. The van der Waals surface area contributed by atoms with E-state index < -0.39 is 35.0 Å². The number of aryl methyl sites for hydroxylation is 2. The Morgan fingerprint density at radius 2 is 1.69 bits per heavy atom. The van der Waals surface area contributed by atoms with E-state index in [4.69, 9.17) is 0 Å². The first-order valence-corrected chi connectivity index (χ1v) is 9.22. The first-order valence-electron chi connectivity index (χ1n) is 9.22. The minimum absolute atomic E-state index is 0.0323. The fraction of sp³-hybridized carbons (Fsp3) is 0.136. The van der Waals surface area contributed by atoms with Crippen molar-refractivity contribution in [2.24, 2.45) is 5.10 Å². The number of rotatable bonds is 5. The maximum absolute atomic E-state index is 13.4. The Bertz CT molecular complexity index is 1210. The number of carbonyl (C=O) groups is 2. The van der Waals surface area contributed by atoms with Gasteiger partial charge in [-0.25, -0.2) is 14.6 Å². The number of aromatic carboxylic acids is 1. The van der Waals surface area contributed by atoms with Crippen molar-refractivity contribution in [3.63, 3.8) is 0 Å². The van der Waals surface area contributed by atoms with Crippen LogP contribution in [-0.4, -0.2) is 27.8 Å². The molecule has 1 amide bonds. The normalized spacial score (nSPS) is 11.7. The number of nitrogens with one attached hydrogen (secondary N) is 1. The molecule has 0 radical (unpaired) electrons. The van der Waals surface area contributed by atoms with Crippen LogP contribution in [0.4, 0.5) is 17.6 Å². The van der Waals surface area contributed by atoms with Gasteiger partial charge in [-0.15, -0.1) is 0 Å². The van der Waals surface area contributed by atoms with Gasteiger partial charge < -0.3 is 9.67 Å². The van der Waals surface area contributed by atoms with Crippen molar-refractivity contribution in [3.05, 3.63) is 88.0 Å². The third-order valence-corrected chi connectivity index (χ3v) is 4.69. The molecule has 6 nitrogen and oxygen atoms in total. The van der Waals surface area contributed by atoms with Gasteiger partial charge in [0, 0.05) is 22.5 Å². The summed E-state index contributed by atoms with van der Waals surface area (Å²) in [6.07, 6.45) is -4.04. The fourth-order valence-corrected chi connectivity index (χ4v) is 3.21. The minimum Gasteiger partial charge on any atom is -0.478 e. The fourth-order valence-electron chi connectivity index (χ4n) is 3.21. The monoisotopic (exact) mass is 447 g/mol. The summed E-state index contributed by atoms with van der Waals surface area (Å²) >= 11 is 0. The van der Waals surface area contributed by atoms with Crippen molar-refractivity contribution in [2.45, 2.75) is 20.0 Å². The van der Waals surface area contributed by atoms with E-state index in [2.05, 4.69) is 10.5 Å². The molecule has 0 saturated carbocycles. The Balaban J connectivity index is 1.91. The highest BCUT2D eigenvalue weighted by molar-refractivity contribution is 5.98. The number of benzene rings is 2.